The standard InChI is InChI=1S/C26H28N4O4S.C24H31N5O3S.C23H20ClFN4O3S.4H2/c1-16(2)35(33,34)20-10-8-19(9-11-20)23-15-28-25-24(29-23)21(14-27-25)26(32)30-22(12-13-31)18-6-4-17(3)5-7-18;1-15(2)33(31,32)19-9-7-18(8-10-19)21-14-27-23-22(29-21)20(13-26-23)24(30)28-12-17-5-3-16(11-25)4-6-17;1-13(2)33(31,32)16-8-6-14(7-9-16)19-12-27-22-21(29-19)17(11-26-22)23(30)28-10-15-4-3-5-18(24)20(15)25;;;;/h4-11,14-16,22,31H,12-13H2,1-3H3,(H,27,28)(H,30,32);7-10,13-17H,3-6,11-12,25H2,1-2H3,(H,26,27)(H,28,30);3-9,11-13H,10H2,1-2H3,(H,26,27)(H,28,30);4*1H/t22-;;;;;;/m0....../s1. The SMILES string of the molecule is CC(C)S(=O)(=O)c1ccc(-c2cnc3[nH]cc(C(=O)NCC4CCC(CN)CC4)c3n2)cc1.CC(C)S(=O)(=O)c1ccc(-c2cnc3[nH]cc(C(=O)NCc4cccc(Cl)c4F)c3n2)cc1.Cc1ccc([C@H](CCO)NC(=O)c2c[nH]c3ncc(-c4ccc(S(=O)(=O)C(C)C)cc4)nc23)cc1.[HH].[HH].[HH].[HH]. The number of aliphatic hydroxyl groups is 1. The fourth-order valence-corrected chi connectivity index (χ4v) is 14.7. The van der Waals surface area contributed by atoms with Gasteiger partial charge in [0.15, 0.2) is 46.5 Å². The van der Waals surface area contributed by atoms with Crippen LogP contribution in [0.15, 0.2) is 167 Å². The molecule has 1 fully saturated rings. The fraction of sp³-hybridized carbons (Fsp3) is 0.301. The molecule has 0 saturated heterocycles. The van der Waals surface area contributed by atoms with E-state index in [2.05, 4.69) is 60.8 Å². The summed E-state index contributed by atoms with van der Waals surface area (Å²) in [7, 11) is -10.1. The predicted octanol–water partition coefficient (Wildman–Crippen LogP) is 12.8. The number of nitrogens with two attached hydrogens (primary N) is 1. The smallest absolute Gasteiger partial charge is 0.255 e. The lowest BCUT2D eigenvalue weighted by Gasteiger charge is -2.27. The van der Waals surface area contributed by atoms with Gasteiger partial charge in [0.2, 0.25) is 0 Å². The Hall–Kier alpha value is -9.64. The third-order valence-electron chi connectivity index (χ3n) is 17.7. The number of amides is 3. The molecule has 6 heterocycles. The number of hydrogen-bond acceptors (Lipinski definition) is 17. The number of halogens is 2. The van der Waals surface area contributed by atoms with Gasteiger partial charge in [-0.25, -0.2) is 59.5 Å². The highest BCUT2D eigenvalue weighted by Crippen LogP contribution is 2.31. The van der Waals surface area contributed by atoms with Crippen LogP contribution in [0.2, 0.25) is 5.02 Å². The monoisotopic (exact) mass is 1460 g/mol. The third-order valence-corrected chi connectivity index (χ3v) is 24.5. The number of carbonyl (C=O) groups is 3. The van der Waals surface area contributed by atoms with Crippen LogP contribution in [0.3, 0.4) is 0 Å². The molecule has 0 bridgehead atoms. The highest BCUT2D eigenvalue weighted by molar-refractivity contribution is 7.92. The van der Waals surface area contributed by atoms with Crippen molar-refractivity contribution < 1.29 is 54.8 Å². The van der Waals surface area contributed by atoms with E-state index in [1.54, 1.807) is 133 Å². The van der Waals surface area contributed by atoms with Gasteiger partial charge in [-0.05, 0) is 147 Å². The highest BCUT2D eigenvalue weighted by atomic mass is 35.5. The molecule has 3 amide bonds. The van der Waals surface area contributed by atoms with Gasteiger partial charge in [-0.1, -0.05) is 90.0 Å². The van der Waals surface area contributed by atoms with Crippen molar-refractivity contribution in [3.8, 4) is 33.8 Å². The molecule has 12 rings (SSSR count). The van der Waals surface area contributed by atoms with Crippen molar-refractivity contribution in [2.75, 3.05) is 19.7 Å². The Morgan fingerprint density at radius 1 is 0.564 bits per heavy atom. The maximum absolute atomic E-state index is 14.1. The number of sulfone groups is 3. The van der Waals surface area contributed by atoms with E-state index in [9.17, 15) is 49.1 Å². The van der Waals surface area contributed by atoms with Crippen LogP contribution in [0.5, 0.6) is 0 Å². The van der Waals surface area contributed by atoms with Crippen molar-refractivity contribution >= 4 is 92.3 Å². The van der Waals surface area contributed by atoms with Crippen LogP contribution in [0.1, 0.15) is 133 Å². The maximum atomic E-state index is 14.1. The minimum atomic E-state index is -3.38. The van der Waals surface area contributed by atoms with Gasteiger partial charge in [-0.15, -0.1) is 0 Å². The van der Waals surface area contributed by atoms with Crippen molar-refractivity contribution in [3.63, 3.8) is 0 Å². The van der Waals surface area contributed by atoms with E-state index in [4.69, 9.17) is 17.3 Å². The number of hydrogen-bond donors (Lipinski definition) is 8. The number of aliphatic hydroxyl groups excluding tert-OH is 1. The second kappa shape index (κ2) is 31.9. The molecule has 0 aliphatic heterocycles. The van der Waals surface area contributed by atoms with Crippen LogP contribution in [-0.2, 0) is 36.1 Å². The van der Waals surface area contributed by atoms with Crippen molar-refractivity contribution in [1.82, 2.24) is 60.8 Å². The zero-order chi connectivity index (χ0) is 72.5. The molecule has 0 unspecified atom stereocenters. The van der Waals surface area contributed by atoms with E-state index in [-0.39, 0.29) is 67.6 Å². The first-order valence-corrected chi connectivity index (χ1v) is 37.9. The first kappa shape index (κ1) is 74.1. The molecule has 5 aromatic carbocycles. The van der Waals surface area contributed by atoms with Crippen molar-refractivity contribution in [1.29, 1.82) is 0 Å². The van der Waals surface area contributed by atoms with Gasteiger partial charge in [-0.3, -0.25) is 14.4 Å². The average Bonchev–Trinajstić information content (AvgIpc) is 1.78. The first-order chi connectivity index (χ1) is 48.2. The van der Waals surface area contributed by atoms with E-state index < -0.39 is 57.0 Å². The van der Waals surface area contributed by atoms with Gasteiger partial charge in [-0.2, -0.15) is 0 Å². The molecule has 28 heteroatoms. The Balaban J connectivity index is 0.000000242. The molecule has 101 heavy (non-hydrogen) atoms. The molecule has 0 spiro atoms. The molecule has 6 aromatic heterocycles. The maximum Gasteiger partial charge on any atom is 0.255 e. The lowest BCUT2D eigenvalue weighted by Crippen LogP contribution is -2.32. The normalized spacial score (nSPS) is 14.5. The Kier molecular flexibility index (Phi) is 23.4. The van der Waals surface area contributed by atoms with E-state index in [1.807, 2.05) is 31.2 Å². The van der Waals surface area contributed by atoms with Gasteiger partial charge in [0.1, 0.15) is 22.4 Å². The molecular weight excluding hydrogens is 1370 g/mol. The first-order valence-electron chi connectivity index (χ1n) is 32.9. The molecule has 1 saturated carbocycles. The van der Waals surface area contributed by atoms with E-state index in [0.29, 0.717) is 97.6 Å². The number of aryl methyl sites for hydroxylation is 1. The summed E-state index contributed by atoms with van der Waals surface area (Å²) in [6.07, 6.45) is 14.2. The number of nitrogens with zero attached hydrogens (tertiary/aromatic N) is 6. The second-order valence-electron chi connectivity index (χ2n) is 25.5. The Morgan fingerprint density at radius 3 is 1.34 bits per heavy atom. The molecule has 23 nitrogen and oxygen atoms in total. The number of rotatable bonds is 21. The molecule has 536 valence electrons. The topological polar surface area (TPSA) is 361 Å². The average molecular weight is 1460 g/mol. The van der Waals surface area contributed by atoms with Crippen LogP contribution < -0.4 is 21.7 Å². The summed E-state index contributed by atoms with van der Waals surface area (Å²) in [6.45, 7) is 13.1. The number of aromatic nitrogens is 9. The third kappa shape index (κ3) is 17.1. The summed E-state index contributed by atoms with van der Waals surface area (Å²) in [4.78, 5) is 75.3. The van der Waals surface area contributed by atoms with Crippen LogP contribution in [0.25, 0.3) is 67.3 Å². The number of H-pyrrole nitrogens is 3. The van der Waals surface area contributed by atoms with Crippen molar-refractivity contribution in [3.05, 3.63) is 197 Å². The van der Waals surface area contributed by atoms with Gasteiger partial charge in [0.05, 0.1) is 93.9 Å². The number of aromatic amines is 3. The molecule has 1 atom stereocenters. The molecular formula is C73H87ClFN13O10S3. The van der Waals surface area contributed by atoms with E-state index in [1.165, 1.54) is 36.7 Å². The Morgan fingerprint density at radius 2 is 0.950 bits per heavy atom. The number of benzene rings is 5. The number of fused-ring (bicyclic) bond motifs is 3. The Labute approximate surface area is 596 Å². The molecule has 1 aliphatic carbocycles. The van der Waals surface area contributed by atoms with Crippen LogP contribution in [0.4, 0.5) is 4.39 Å². The van der Waals surface area contributed by atoms with Crippen LogP contribution in [0, 0.1) is 24.6 Å². The van der Waals surface area contributed by atoms with Gasteiger partial charge in [0.25, 0.3) is 17.7 Å². The Bertz CT molecular complexity index is 5170. The summed E-state index contributed by atoms with van der Waals surface area (Å²) >= 11 is 5.79. The highest BCUT2D eigenvalue weighted by Gasteiger charge is 2.27. The van der Waals surface area contributed by atoms with Crippen molar-refractivity contribution in [2.24, 2.45) is 17.6 Å². The summed E-state index contributed by atoms with van der Waals surface area (Å²) in [6, 6.07) is 31.5. The van der Waals surface area contributed by atoms with Gasteiger partial charge in [0, 0.05) is 66.2 Å². The van der Waals surface area contributed by atoms with E-state index >= 15 is 0 Å². The molecule has 9 N–H and O–H groups in total. The quantitative estimate of drug-likeness (QED) is 0.0331. The summed E-state index contributed by atoms with van der Waals surface area (Å²) in [5.41, 5.74) is 15.4. The number of carbonyl (C=O) groups excluding carboxylic acids is 3. The lowest BCUT2D eigenvalue weighted by molar-refractivity contribution is 0.0926. The summed E-state index contributed by atoms with van der Waals surface area (Å²) in [5.74, 6) is -0.455. The van der Waals surface area contributed by atoms with Gasteiger partial charge < -0.3 is 41.7 Å². The molecule has 1 aliphatic rings. The largest absolute Gasteiger partial charge is 0.396 e. The van der Waals surface area contributed by atoms with Gasteiger partial charge >= 0.3 is 0 Å². The number of nitrogens with one attached hydrogen (secondary N) is 6. The van der Waals surface area contributed by atoms with E-state index in [0.717, 1.165) is 48.9 Å². The molecule has 11 aromatic rings. The lowest BCUT2D eigenvalue weighted by atomic mass is 9.82. The zero-order valence-electron chi connectivity index (χ0n) is 56.6. The second-order valence-corrected chi connectivity index (χ2v) is 33.4. The summed E-state index contributed by atoms with van der Waals surface area (Å²) < 4.78 is 88.3. The minimum Gasteiger partial charge on any atom is -0.396 e. The fourth-order valence-electron chi connectivity index (χ4n) is 11.3. The minimum absolute atomic E-state index is 0. The van der Waals surface area contributed by atoms with Crippen LogP contribution in [-0.4, -0.2) is 128 Å². The summed E-state index contributed by atoms with van der Waals surface area (Å²) in [5, 5.41) is 16.7. The van der Waals surface area contributed by atoms with Crippen molar-refractivity contribution in [2.45, 2.75) is 124 Å². The molecule has 0 radical (unpaired) electrons. The predicted molar refractivity (Wildman–Crippen MR) is 396 cm³/mol. The zero-order valence-corrected chi connectivity index (χ0v) is 59.8. The van der Waals surface area contributed by atoms with Crippen LogP contribution >= 0.6 is 11.6 Å².